The lowest BCUT2D eigenvalue weighted by molar-refractivity contribution is -0.0307. The molecule has 1 N–H and O–H groups in total. The molecule has 0 amide bonds. The molecule has 0 heterocycles. The van der Waals surface area contributed by atoms with Crippen molar-refractivity contribution in [3.63, 3.8) is 0 Å². The number of benzene rings is 1. The van der Waals surface area contributed by atoms with Crippen molar-refractivity contribution in [1.82, 2.24) is 0 Å². The molecular weight excluding hydrogens is 196 g/mol. The third-order valence-electron chi connectivity index (χ3n) is 4.67. The topological polar surface area (TPSA) is 20.2 Å². The van der Waals surface area contributed by atoms with Gasteiger partial charge in [-0.3, -0.25) is 0 Å². The summed E-state index contributed by atoms with van der Waals surface area (Å²) < 4.78 is 0. The Morgan fingerprint density at radius 1 is 1.00 bits per heavy atom. The van der Waals surface area contributed by atoms with E-state index in [1.54, 1.807) is 0 Å². The average molecular weight is 216 g/mol. The van der Waals surface area contributed by atoms with E-state index in [-0.39, 0.29) is 5.60 Å². The van der Waals surface area contributed by atoms with Crippen LogP contribution in [0.15, 0.2) is 30.3 Å². The van der Waals surface area contributed by atoms with E-state index in [0.29, 0.717) is 11.8 Å². The van der Waals surface area contributed by atoms with Crippen LogP contribution < -0.4 is 0 Å². The maximum Gasteiger partial charge on any atom is 0.0681 e. The number of aliphatic hydroxyl groups is 1. The van der Waals surface area contributed by atoms with Crippen molar-refractivity contribution in [1.29, 1.82) is 0 Å². The quantitative estimate of drug-likeness (QED) is 0.762. The summed E-state index contributed by atoms with van der Waals surface area (Å²) in [6.07, 6.45) is 6.95. The van der Waals surface area contributed by atoms with Crippen LogP contribution >= 0.6 is 0 Å². The van der Waals surface area contributed by atoms with Crippen LogP contribution in [-0.4, -0.2) is 10.7 Å². The van der Waals surface area contributed by atoms with Crippen molar-refractivity contribution >= 4 is 0 Å². The van der Waals surface area contributed by atoms with Gasteiger partial charge in [0.15, 0.2) is 0 Å². The molecule has 0 aromatic heterocycles. The van der Waals surface area contributed by atoms with Crippen LogP contribution in [-0.2, 0) is 0 Å². The minimum atomic E-state index is -0.335. The van der Waals surface area contributed by atoms with E-state index in [1.165, 1.54) is 31.2 Å². The number of fused-ring (bicyclic) bond motifs is 1. The van der Waals surface area contributed by atoms with Crippen molar-refractivity contribution in [3.8, 4) is 0 Å². The normalized spacial score (nSPS) is 38.3. The Hall–Kier alpha value is -0.820. The van der Waals surface area contributed by atoms with Gasteiger partial charge in [-0.2, -0.15) is 0 Å². The molecule has 2 aliphatic carbocycles. The van der Waals surface area contributed by atoms with Gasteiger partial charge in [-0.15, -0.1) is 0 Å². The molecule has 86 valence electrons. The van der Waals surface area contributed by atoms with Gasteiger partial charge in [0.1, 0.15) is 0 Å². The average Bonchev–Trinajstić information content (AvgIpc) is 2.67. The first kappa shape index (κ1) is 10.3. The van der Waals surface area contributed by atoms with Crippen molar-refractivity contribution in [2.45, 2.75) is 50.0 Å². The lowest BCUT2D eigenvalue weighted by atomic mass is 9.73. The molecule has 1 aromatic carbocycles. The van der Waals surface area contributed by atoms with E-state index in [2.05, 4.69) is 30.3 Å². The van der Waals surface area contributed by atoms with Crippen molar-refractivity contribution < 1.29 is 5.11 Å². The molecule has 1 aromatic rings. The Labute approximate surface area is 97.5 Å². The SMILES string of the molecule is O[C@@]12CCCC[C@@H]1C(c1ccccc1)CC2. The van der Waals surface area contributed by atoms with E-state index in [1.807, 2.05) is 0 Å². The Bertz CT molecular complexity index is 359. The molecule has 1 unspecified atom stereocenters. The van der Waals surface area contributed by atoms with Crippen LogP contribution in [0.5, 0.6) is 0 Å². The molecule has 3 atom stereocenters. The number of hydrogen-bond acceptors (Lipinski definition) is 1. The van der Waals surface area contributed by atoms with Crippen LogP contribution in [0.3, 0.4) is 0 Å². The maximum atomic E-state index is 10.6. The molecule has 0 radical (unpaired) electrons. The summed E-state index contributed by atoms with van der Waals surface area (Å²) >= 11 is 0. The predicted octanol–water partition coefficient (Wildman–Crippen LogP) is 3.49. The molecule has 2 aliphatic rings. The molecule has 0 saturated heterocycles. The van der Waals surface area contributed by atoms with Gasteiger partial charge in [0, 0.05) is 0 Å². The number of hydrogen-bond donors (Lipinski definition) is 1. The summed E-state index contributed by atoms with van der Waals surface area (Å²) in [5, 5.41) is 10.6. The predicted molar refractivity (Wildman–Crippen MR) is 65.3 cm³/mol. The second-order valence-corrected chi connectivity index (χ2v) is 5.51. The second-order valence-electron chi connectivity index (χ2n) is 5.51. The Morgan fingerprint density at radius 3 is 2.62 bits per heavy atom. The highest BCUT2D eigenvalue weighted by Gasteiger charge is 2.48. The van der Waals surface area contributed by atoms with Crippen molar-refractivity contribution in [2.24, 2.45) is 5.92 Å². The molecule has 3 rings (SSSR count). The highest BCUT2D eigenvalue weighted by atomic mass is 16.3. The Morgan fingerprint density at radius 2 is 1.81 bits per heavy atom. The van der Waals surface area contributed by atoms with Gasteiger partial charge >= 0.3 is 0 Å². The molecule has 16 heavy (non-hydrogen) atoms. The first-order chi connectivity index (χ1) is 7.80. The first-order valence-corrected chi connectivity index (χ1v) is 6.57. The lowest BCUT2D eigenvalue weighted by Gasteiger charge is -2.37. The molecular formula is C15H20O. The molecule has 2 fully saturated rings. The fourth-order valence-electron chi connectivity index (χ4n) is 3.84. The highest BCUT2D eigenvalue weighted by Crippen LogP contribution is 2.52. The van der Waals surface area contributed by atoms with E-state index in [4.69, 9.17) is 0 Å². The Kier molecular flexibility index (Phi) is 2.51. The summed E-state index contributed by atoms with van der Waals surface area (Å²) in [7, 11) is 0. The van der Waals surface area contributed by atoms with E-state index in [0.717, 1.165) is 12.8 Å². The minimum Gasteiger partial charge on any atom is -0.390 e. The zero-order valence-electron chi connectivity index (χ0n) is 9.73. The summed E-state index contributed by atoms with van der Waals surface area (Å²) in [5.74, 6) is 1.12. The van der Waals surface area contributed by atoms with E-state index in [9.17, 15) is 5.11 Å². The monoisotopic (exact) mass is 216 g/mol. The fourth-order valence-corrected chi connectivity index (χ4v) is 3.84. The summed E-state index contributed by atoms with van der Waals surface area (Å²) in [6.45, 7) is 0. The lowest BCUT2D eigenvalue weighted by Crippen LogP contribution is -2.37. The van der Waals surface area contributed by atoms with Crippen LogP contribution in [0.25, 0.3) is 0 Å². The van der Waals surface area contributed by atoms with Gasteiger partial charge in [-0.1, -0.05) is 43.2 Å². The van der Waals surface area contributed by atoms with Crippen LogP contribution in [0.4, 0.5) is 0 Å². The Balaban J connectivity index is 1.88. The highest BCUT2D eigenvalue weighted by molar-refractivity contribution is 5.24. The fraction of sp³-hybridized carbons (Fsp3) is 0.600. The molecule has 0 spiro atoms. The van der Waals surface area contributed by atoms with Gasteiger partial charge in [0.2, 0.25) is 0 Å². The molecule has 0 bridgehead atoms. The van der Waals surface area contributed by atoms with Gasteiger partial charge in [0.25, 0.3) is 0 Å². The molecule has 0 aliphatic heterocycles. The van der Waals surface area contributed by atoms with Crippen LogP contribution in [0.2, 0.25) is 0 Å². The van der Waals surface area contributed by atoms with E-state index < -0.39 is 0 Å². The first-order valence-electron chi connectivity index (χ1n) is 6.57. The molecule has 1 nitrogen and oxygen atoms in total. The maximum absolute atomic E-state index is 10.6. The third-order valence-corrected chi connectivity index (χ3v) is 4.67. The summed E-state index contributed by atoms with van der Waals surface area (Å²) in [5.41, 5.74) is 1.10. The zero-order chi connectivity index (χ0) is 11.0. The number of rotatable bonds is 1. The largest absolute Gasteiger partial charge is 0.390 e. The summed E-state index contributed by atoms with van der Waals surface area (Å²) in [6, 6.07) is 10.8. The molecule has 2 saturated carbocycles. The van der Waals surface area contributed by atoms with Gasteiger partial charge in [-0.05, 0) is 43.1 Å². The van der Waals surface area contributed by atoms with Crippen LogP contribution in [0, 0.1) is 5.92 Å². The van der Waals surface area contributed by atoms with E-state index >= 15 is 0 Å². The standard InChI is InChI=1S/C15H20O/c16-15-10-5-4-8-14(15)13(9-11-15)12-6-2-1-3-7-12/h1-3,6-7,13-14,16H,4-5,8-11H2/t13?,14-,15-/m1/s1. The zero-order valence-corrected chi connectivity index (χ0v) is 9.73. The second kappa shape index (κ2) is 3.89. The minimum absolute atomic E-state index is 0.335. The molecule has 1 heteroatoms. The van der Waals surface area contributed by atoms with Gasteiger partial charge < -0.3 is 5.11 Å². The van der Waals surface area contributed by atoms with Gasteiger partial charge in [0.05, 0.1) is 5.60 Å². The third kappa shape index (κ3) is 1.58. The summed E-state index contributed by atoms with van der Waals surface area (Å²) in [4.78, 5) is 0. The van der Waals surface area contributed by atoms with Gasteiger partial charge in [-0.25, -0.2) is 0 Å². The smallest absolute Gasteiger partial charge is 0.0681 e. The van der Waals surface area contributed by atoms with Crippen molar-refractivity contribution in [3.05, 3.63) is 35.9 Å². The van der Waals surface area contributed by atoms with Crippen molar-refractivity contribution in [2.75, 3.05) is 0 Å². The van der Waals surface area contributed by atoms with Crippen LogP contribution in [0.1, 0.15) is 50.0 Å².